The average Bonchev–Trinajstić information content (AvgIpc) is 2.03. The van der Waals surface area contributed by atoms with E-state index in [0.717, 1.165) is 30.8 Å². The molecule has 0 aliphatic carbocycles. The van der Waals surface area contributed by atoms with Crippen LogP contribution in [0.2, 0.25) is 0 Å². The lowest BCUT2D eigenvalue weighted by molar-refractivity contribution is -0.109. The van der Waals surface area contributed by atoms with Crippen LogP contribution in [0.15, 0.2) is 24.9 Å². The molecule has 0 aromatic heterocycles. The molecule has 0 aliphatic rings. The van der Waals surface area contributed by atoms with Crippen LogP contribution in [-0.2, 0) is 4.79 Å². The van der Waals surface area contributed by atoms with Gasteiger partial charge in [-0.1, -0.05) is 24.4 Å². The van der Waals surface area contributed by atoms with Gasteiger partial charge in [-0.05, 0) is 6.42 Å². The van der Waals surface area contributed by atoms with Crippen molar-refractivity contribution in [2.24, 2.45) is 0 Å². The third-order valence-corrected chi connectivity index (χ3v) is 2.29. The molecule has 1 N–H and O–H groups in total. The summed E-state index contributed by atoms with van der Waals surface area (Å²) in [6.07, 6.45) is 3.61. The fourth-order valence-corrected chi connectivity index (χ4v) is 1.38. The fourth-order valence-electron chi connectivity index (χ4n) is 0.800. The van der Waals surface area contributed by atoms with E-state index in [1.165, 1.54) is 11.8 Å². The molecular formula is C10H17NOS. The van der Waals surface area contributed by atoms with Gasteiger partial charge in [-0.15, -0.1) is 6.58 Å². The van der Waals surface area contributed by atoms with Crippen molar-refractivity contribution < 1.29 is 4.79 Å². The zero-order chi connectivity index (χ0) is 10.1. The molecule has 0 bridgehead atoms. The Morgan fingerprint density at radius 2 is 2.31 bits per heavy atom. The number of rotatable bonds is 7. The summed E-state index contributed by atoms with van der Waals surface area (Å²) in [7, 11) is 0. The predicted molar refractivity (Wildman–Crippen MR) is 59.7 cm³/mol. The van der Waals surface area contributed by atoms with Crippen LogP contribution < -0.4 is 5.32 Å². The first-order valence-corrected chi connectivity index (χ1v) is 5.31. The quantitative estimate of drug-likeness (QED) is 0.504. The smallest absolute Gasteiger partial charge is 0.185 e. The van der Waals surface area contributed by atoms with Crippen molar-refractivity contribution in [2.45, 2.75) is 19.8 Å². The molecule has 0 aliphatic heterocycles. The molecule has 0 saturated heterocycles. The highest BCUT2D eigenvalue weighted by atomic mass is 32.2. The van der Waals surface area contributed by atoms with E-state index in [0.29, 0.717) is 0 Å². The monoisotopic (exact) mass is 199 g/mol. The van der Waals surface area contributed by atoms with Gasteiger partial charge in [0.05, 0.1) is 0 Å². The van der Waals surface area contributed by atoms with E-state index in [9.17, 15) is 4.79 Å². The van der Waals surface area contributed by atoms with Crippen molar-refractivity contribution >= 4 is 16.9 Å². The van der Waals surface area contributed by atoms with Crippen LogP contribution in [0.5, 0.6) is 0 Å². The molecular weight excluding hydrogens is 182 g/mol. The first-order chi connectivity index (χ1) is 6.16. The van der Waals surface area contributed by atoms with Crippen LogP contribution in [-0.4, -0.2) is 17.4 Å². The summed E-state index contributed by atoms with van der Waals surface area (Å²) in [5.74, 6) is 0.879. The fraction of sp³-hybridized carbons (Fsp3) is 0.500. The van der Waals surface area contributed by atoms with Gasteiger partial charge in [0.2, 0.25) is 0 Å². The number of thioether (sulfide) groups is 1. The first kappa shape index (κ1) is 12.3. The van der Waals surface area contributed by atoms with Gasteiger partial charge in [-0.25, -0.2) is 0 Å². The van der Waals surface area contributed by atoms with Gasteiger partial charge in [0.1, 0.15) is 0 Å². The van der Waals surface area contributed by atoms with Crippen LogP contribution in [0.1, 0.15) is 19.8 Å². The van der Waals surface area contributed by atoms with E-state index in [-0.39, 0.29) is 5.12 Å². The van der Waals surface area contributed by atoms with E-state index >= 15 is 0 Å². The van der Waals surface area contributed by atoms with Gasteiger partial charge in [0.25, 0.3) is 0 Å². The number of carbonyl (C=O) groups is 1. The van der Waals surface area contributed by atoms with Gasteiger partial charge < -0.3 is 5.32 Å². The van der Waals surface area contributed by atoms with E-state index < -0.39 is 0 Å². The normalized spacial score (nSPS) is 9.31. The standard InChI is InChI=1S/C10H17NOS/c1-4-6-9(2)11-7-5-8-13-10(3)12/h4,11H,1-2,5-8H2,3H3. The second kappa shape index (κ2) is 7.92. The zero-order valence-electron chi connectivity index (χ0n) is 8.14. The summed E-state index contributed by atoms with van der Waals surface area (Å²) in [4.78, 5) is 10.6. The molecule has 0 atom stereocenters. The molecule has 0 amide bonds. The average molecular weight is 199 g/mol. The van der Waals surface area contributed by atoms with E-state index in [4.69, 9.17) is 0 Å². The maximum absolute atomic E-state index is 10.6. The minimum Gasteiger partial charge on any atom is -0.389 e. The van der Waals surface area contributed by atoms with Crippen LogP contribution in [0.4, 0.5) is 0 Å². The second-order valence-corrected chi connectivity index (χ2v) is 3.99. The molecule has 0 unspecified atom stereocenters. The van der Waals surface area contributed by atoms with Crippen molar-refractivity contribution in [3.05, 3.63) is 24.9 Å². The molecule has 0 aromatic carbocycles. The molecule has 0 rings (SSSR count). The molecule has 0 aromatic rings. The number of hydrogen-bond acceptors (Lipinski definition) is 3. The molecule has 0 spiro atoms. The lowest BCUT2D eigenvalue weighted by atomic mass is 10.3. The van der Waals surface area contributed by atoms with Gasteiger partial charge in [-0.3, -0.25) is 4.79 Å². The number of nitrogens with one attached hydrogen (secondary N) is 1. The van der Waals surface area contributed by atoms with Crippen molar-refractivity contribution in [3.8, 4) is 0 Å². The van der Waals surface area contributed by atoms with Crippen LogP contribution in [0, 0.1) is 0 Å². The Kier molecular flexibility index (Phi) is 7.50. The largest absolute Gasteiger partial charge is 0.389 e. The Labute approximate surface area is 84.5 Å². The van der Waals surface area contributed by atoms with Crippen molar-refractivity contribution in [1.29, 1.82) is 0 Å². The maximum atomic E-state index is 10.6. The first-order valence-electron chi connectivity index (χ1n) is 4.32. The Hall–Kier alpha value is -0.700. The Morgan fingerprint density at radius 1 is 1.62 bits per heavy atom. The van der Waals surface area contributed by atoms with E-state index in [1.807, 2.05) is 6.08 Å². The van der Waals surface area contributed by atoms with E-state index in [1.54, 1.807) is 6.92 Å². The van der Waals surface area contributed by atoms with Crippen LogP contribution >= 0.6 is 11.8 Å². The zero-order valence-corrected chi connectivity index (χ0v) is 8.95. The summed E-state index contributed by atoms with van der Waals surface area (Å²) in [5.41, 5.74) is 0.989. The number of carbonyl (C=O) groups excluding carboxylic acids is 1. The SMILES string of the molecule is C=CCC(=C)NCCCSC(C)=O. The third kappa shape index (κ3) is 9.21. The topological polar surface area (TPSA) is 29.1 Å². The highest BCUT2D eigenvalue weighted by Gasteiger charge is 1.94. The van der Waals surface area contributed by atoms with Crippen molar-refractivity contribution in [2.75, 3.05) is 12.3 Å². The Balaban J connectivity index is 3.20. The minimum atomic E-state index is 0.185. The second-order valence-electron chi connectivity index (χ2n) is 2.72. The van der Waals surface area contributed by atoms with Gasteiger partial charge >= 0.3 is 0 Å². The number of hydrogen-bond donors (Lipinski definition) is 1. The van der Waals surface area contributed by atoms with Gasteiger partial charge in [0.15, 0.2) is 5.12 Å². The molecule has 0 fully saturated rings. The van der Waals surface area contributed by atoms with Gasteiger partial charge in [0, 0.05) is 31.3 Å². The molecule has 3 heteroatoms. The highest BCUT2D eigenvalue weighted by Crippen LogP contribution is 2.02. The van der Waals surface area contributed by atoms with Crippen molar-refractivity contribution in [3.63, 3.8) is 0 Å². The predicted octanol–water partition coefficient (Wildman–Crippen LogP) is 2.34. The van der Waals surface area contributed by atoms with Crippen molar-refractivity contribution in [1.82, 2.24) is 5.32 Å². The summed E-state index contributed by atoms with van der Waals surface area (Å²) >= 11 is 1.37. The van der Waals surface area contributed by atoms with Crippen LogP contribution in [0.3, 0.4) is 0 Å². The molecule has 2 nitrogen and oxygen atoms in total. The summed E-state index contributed by atoms with van der Waals surface area (Å²) in [5, 5.41) is 3.35. The molecule has 0 saturated carbocycles. The summed E-state index contributed by atoms with van der Waals surface area (Å²) in [6, 6.07) is 0. The lowest BCUT2D eigenvalue weighted by Gasteiger charge is -2.06. The summed E-state index contributed by atoms with van der Waals surface area (Å²) < 4.78 is 0. The van der Waals surface area contributed by atoms with Crippen LogP contribution in [0.25, 0.3) is 0 Å². The molecule has 0 radical (unpaired) electrons. The highest BCUT2D eigenvalue weighted by molar-refractivity contribution is 8.13. The Morgan fingerprint density at radius 3 is 2.85 bits per heavy atom. The van der Waals surface area contributed by atoms with E-state index in [2.05, 4.69) is 18.5 Å². The minimum absolute atomic E-state index is 0.185. The number of allylic oxidation sites excluding steroid dienone is 1. The third-order valence-electron chi connectivity index (χ3n) is 1.39. The molecule has 0 heterocycles. The lowest BCUT2D eigenvalue weighted by Crippen LogP contribution is -2.14. The Bertz CT molecular complexity index is 189. The molecule has 74 valence electrons. The molecule has 13 heavy (non-hydrogen) atoms. The summed E-state index contributed by atoms with van der Waals surface area (Å²) in [6.45, 7) is 9.91. The maximum Gasteiger partial charge on any atom is 0.185 e. The van der Waals surface area contributed by atoms with Gasteiger partial charge in [-0.2, -0.15) is 0 Å².